The van der Waals surface area contributed by atoms with Crippen molar-refractivity contribution in [2.45, 2.75) is 19.5 Å². The number of nitrogens with one attached hydrogen (secondary N) is 1. The molecule has 2 rings (SSSR count). The maximum absolute atomic E-state index is 12.6. The van der Waals surface area contributed by atoms with E-state index in [9.17, 15) is 18.0 Å². The number of hydrazone groups is 1. The van der Waals surface area contributed by atoms with Crippen molar-refractivity contribution in [3.63, 3.8) is 0 Å². The number of hydrogen-bond donors (Lipinski definition) is 1. The fraction of sp³-hybridized carbons (Fsp3) is 0.176. The molecule has 0 aliphatic heterocycles. The molecule has 1 N–H and O–H groups in total. The van der Waals surface area contributed by atoms with Crippen molar-refractivity contribution < 1.29 is 18.0 Å². The van der Waals surface area contributed by atoms with Gasteiger partial charge in [0.05, 0.1) is 18.2 Å². The number of rotatable bonds is 4. The van der Waals surface area contributed by atoms with Crippen molar-refractivity contribution in [3.8, 4) is 0 Å². The first-order valence-electron chi connectivity index (χ1n) is 6.89. The van der Waals surface area contributed by atoms with E-state index >= 15 is 0 Å². The van der Waals surface area contributed by atoms with E-state index in [0.717, 1.165) is 23.3 Å². The fourth-order valence-electron chi connectivity index (χ4n) is 2.01. The van der Waals surface area contributed by atoms with Crippen molar-refractivity contribution in [1.82, 2.24) is 5.43 Å². The van der Waals surface area contributed by atoms with Crippen LogP contribution in [0, 0.1) is 6.92 Å². The summed E-state index contributed by atoms with van der Waals surface area (Å²) in [6.45, 7) is 1.93. The van der Waals surface area contributed by atoms with Crippen LogP contribution in [0.2, 0.25) is 0 Å². The second-order valence-corrected chi connectivity index (χ2v) is 5.08. The maximum Gasteiger partial charge on any atom is 0.416 e. The van der Waals surface area contributed by atoms with Gasteiger partial charge in [-0.1, -0.05) is 48.0 Å². The number of aryl methyl sites for hydroxylation is 1. The van der Waals surface area contributed by atoms with Gasteiger partial charge in [0.15, 0.2) is 0 Å². The molecule has 1 amide bonds. The van der Waals surface area contributed by atoms with Crippen LogP contribution < -0.4 is 5.43 Å². The monoisotopic (exact) mass is 320 g/mol. The van der Waals surface area contributed by atoms with Gasteiger partial charge >= 0.3 is 6.18 Å². The summed E-state index contributed by atoms with van der Waals surface area (Å²) in [4.78, 5) is 11.7. The molecule has 0 atom stereocenters. The van der Waals surface area contributed by atoms with Gasteiger partial charge in [-0.25, -0.2) is 5.43 Å². The van der Waals surface area contributed by atoms with E-state index in [0.29, 0.717) is 0 Å². The molecule has 0 bridgehead atoms. The molecular formula is C17H15F3N2O. The molecule has 0 aliphatic carbocycles. The van der Waals surface area contributed by atoms with Gasteiger partial charge in [-0.2, -0.15) is 18.3 Å². The summed E-state index contributed by atoms with van der Waals surface area (Å²) >= 11 is 0. The van der Waals surface area contributed by atoms with E-state index in [2.05, 4.69) is 10.5 Å². The molecule has 2 aromatic rings. The lowest BCUT2D eigenvalue weighted by atomic mass is 10.1. The number of hydrogen-bond acceptors (Lipinski definition) is 2. The highest BCUT2D eigenvalue weighted by molar-refractivity contribution is 5.83. The average molecular weight is 320 g/mol. The lowest BCUT2D eigenvalue weighted by Gasteiger charge is -2.08. The Hall–Kier alpha value is -2.63. The van der Waals surface area contributed by atoms with E-state index in [1.807, 2.05) is 31.2 Å². The third-order valence-corrected chi connectivity index (χ3v) is 3.06. The number of nitrogens with zero attached hydrogens (tertiary/aromatic N) is 1. The Morgan fingerprint density at radius 3 is 2.61 bits per heavy atom. The molecule has 0 aliphatic rings. The first-order valence-corrected chi connectivity index (χ1v) is 6.89. The fourth-order valence-corrected chi connectivity index (χ4v) is 2.01. The highest BCUT2D eigenvalue weighted by atomic mass is 19.4. The minimum atomic E-state index is -4.42. The Bertz CT molecular complexity index is 724. The second kappa shape index (κ2) is 7.09. The molecule has 0 aromatic heterocycles. The SMILES string of the molecule is Cc1cccc(/C=N\NC(=O)Cc2cccc(C(F)(F)F)c2)c1. The molecule has 0 spiro atoms. The van der Waals surface area contributed by atoms with Crippen LogP contribution in [0.15, 0.2) is 53.6 Å². The zero-order valence-corrected chi connectivity index (χ0v) is 12.4. The average Bonchev–Trinajstić information content (AvgIpc) is 2.46. The summed E-state index contributed by atoms with van der Waals surface area (Å²) in [5.41, 5.74) is 3.70. The van der Waals surface area contributed by atoms with Crippen molar-refractivity contribution in [2.75, 3.05) is 0 Å². The van der Waals surface area contributed by atoms with Gasteiger partial charge in [-0.05, 0) is 24.1 Å². The molecule has 23 heavy (non-hydrogen) atoms. The van der Waals surface area contributed by atoms with Crippen LogP contribution in [0.5, 0.6) is 0 Å². The molecule has 0 radical (unpaired) electrons. The van der Waals surface area contributed by atoms with E-state index in [1.54, 1.807) is 0 Å². The minimum Gasteiger partial charge on any atom is -0.273 e. The van der Waals surface area contributed by atoms with Crippen molar-refractivity contribution in [3.05, 3.63) is 70.8 Å². The lowest BCUT2D eigenvalue weighted by Crippen LogP contribution is -2.20. The minimum absolute atomic E-state index is 0.172. The largest absolute Gasteiger partial charge is 0.416 e. The second-order valence-electron chi connectivity index (χ2n) is 5.08. The molecule has 120 valence electrons. The topological polar surface area (TPSA) is 41.5 Å². The number of halogens is 3. The molecule has 0 unspecified atom stereocenters. The Morgan fingerprint density at radius 2 is 1.91 bits per heavy atom. The Morgan fingerprint density at radius 1 is 1.17 bits per heavy atom. The number of amides is 1. The predicted molar refractivity (Wildman–Crippen MR) is 82.1 cm³/mol. The number of carbonyl (C=O) groups excluding carboxylic acids is 1. The zero-order chi connectivity index (χ0) is 16.9. The van der Waals surface area contributed by atoms with Gasteiger partial charge in [0.1, 0.15) is 0 Å². The maximum atomic E-state index is 12.6. The van der Waals surface area contributed by atoms with Crippen molar-refractivity contribution >= 4 is 12.1 Å². The number of alkyl halides is 3. The molecule has 2 aromatic carbocycles. The van der Waals surface area contributed by atoms with Crippen LogP contribution in [0.1, 0.15) is 22.3 Å². The van der Waals surface area contributed by atoms with Crippen LogP contribution in [0.25, 0.3) is 0 Å². The van der Waals surface area contributed by atoms with Crippen LogP contribution in [-0.4, -0.2) is 12.1 Å². The lowest BCUT2D eigenvalue weighted by molar-refractivity contribution is -0.137. The summed E-state index contributed by atoms with van der Waals surface area (Å²) in [5.74, 6) is -0.478. The Labute approximate surface area is 131 Å². The van der Waals surface area contributed by atoms with Crippen LogP contribution in [0.3, 0.4) is 0 Å². The highest BCUT2D eigenvalue weighted by Gasteiger charge is 2.30. The van der Waals surface area contributed by atoms with Crippen LogP contribution in [0.4, 0.5) is 13.2 Å². The van der Waals surface area contributed by atoms with E-state index < -0.39 is 17.6 Å². The number of carbonyl (C=O) groups is 1. The predicted octanol–water partition coefficient (Wildman–Crippen LogP) is 3.71. The Kier molecular flexibility index (Phi) is 5.16. The van der Waals surface area contributed by atoms with Gasteiger partial charge < -0.3 is 0 Å². The summed E-state index contributed by atoms with van der Waals surface area (Å²) in [6.07, 6.45) is -3.11. The van der Waals surface area contributed by atoms with Crippen LogP contribution >= 0.6 is 0 Å². The summed E-state index contributed by atoms with van der Waals surface area (Å²) < 4.78 is 37.8. The van der Waals surface area contributed by atoms with E-state index in [-0.39, 0.29) is 12.0 Å². The zero-order valence-electron chi connectivity index (χ0n) is 12.4. The molecule has 6 heteroatoms. The first-order chi connectivity index (χ1) is 10.8. The smallest absolute Gasteiger partial charge is 0.273 e. The van der Waals surface area contributed by atoms with E-state index in [1.165, 1.54) is 18.3 Å². The summed E-state index contributed by atoms with van der Waals surface area (Å²) in [6, 6.07) is 12.2. The third kappa shape index (κ3) is 5.25. The van der Waals surface area contributed by atoms with Gasteiger partial charge in [0, 0.05) is 0 Å². The summed E-state index contributed by atoms with van der Waals surface area (Å²) in [5, 5.41) is 3.80. The molecule has 0 fully saturated rings. The third-order valence-electron chi connectivity index (χ3n) is 3.06. The molecule has 0 saturated heterocycles. The quantitative estimate of drug-likeness (QED) is 0.677. The van der Waals surface area contributed by atoms with E-state index in [4.69, 9.17) is 0 Å². The van der Waals surface area contributed by atoms with Gasteiger partial charge in [-0.15, -0.1) is 0 Å². The van der Waals surface area contributed by atoms with Crippen molar-refractivity contribution in [1.29, 1.82) is 0 Å². The number of benzene rings is 2. The van der Waals surface area contributed by atoms with Crippen molar-refractivity contribution in [2.24, 2.45) is 5.10 Å². The van der Waals surface area contributed by atoms with Crippen LogP contribution in [-0.2, 0) is 17.4 Å². The van der Waals surface area contributed by atoms with Gasteiger partial charge in [-0.3, -0.25) is 4.79 Å². The normalized spacial score (nSPS) is 11.7. The molecule has 3 nitrogen and oxygen atoms in total. The molecule has 0 saturated carbocycles. The Balaban J connectivity index is 1.95. The molecular weight excluding hydrogens is 305 g/mol. The highest BCUT2D eigenvalue weighted by Crippen LogP contribution is 2.29. The standard InChI is InChI=1S/C17H15F3N2O/c1-12-4-2-6-14(8-12)11-21-22-16(23)10-13-5-3-7-15(9-13)17(18,19)20/h2-9,11H,10H2,1H3,(H,22,23)/b21-11-. The first kappa shape index (κ1) is 16.7. The van der Waals surface area contributed by atoms with Gasteiger partial charge in [0.2, 0.25) is 5.91 Å². The summed E-state index contributed by atoms with van der Waals surface area (Å²) in [7, 11) is 0. The molecule has 0 heterocycles. The van der Waals surface area contributed by atoms with Gasteiger partial charge in [0.25, 0.3) is 0 Å².